The van der Waals surface area contributed by atoms with Gasteiger partial charge in [-0.05, 0) is 38.5 Å². The first kappa shape index (κ1) is 13.7. The molecule has 0 saturated heterocycles. The van der Waals surface area contributed by atoms with Crippen LogP contribution in [0.25, 0.3) is 0 Å². The molecule has 0 heterocycles. The van der Waals surface area contributed by atoms with Crippen LogP contribution in [0.3, 0.4) is 0 Å². The van der Waals surface area contributed by atoms with E-state index in [1.54, 1.807) is 0 Å². The van der Waals surface area contributed by atoms with Crippen LogP contribution in [0.5, 0.6) is 0 Å². The van der Waals surface area contributed by atoms with E-state index < -0.39 is 0 Å². The monoisotopic (exact) mass is 226 g/mol. The molecule has 0 amide bonds. The Morgan fingerprint density at radius 1 is 1.62 bits per heavy atom. The first-order chi connectivity index (χ1) is 7.64. The molecule has 1 aliphatic carbocycles. The molecule has 0 aromatic heterocycles. The van der Waals surface area contributed by atoms with Gasteiger partial charge in [-0.25, -0.2) is 0 Å². The maximum Gasteiger partial charge on any atom is 0.0942 e. The lowest BCUT2D eigenvalue weighted by molar-refractivity contribution is -0.149. The predicted octanol–water partition coefficient (Wildman–Crippen LogP) is 3.30. The van der Waals surface area contributed by atoms with Crippen molar-refractivity contribution >= 4 is 0 Å². The summed E-state index contributed by atoms with van der Waals surface area (Å²) in [7, 11) is 0. The van der Waals surface area contributed by atoms with Crippen molar-refractivity contribution in [3.05, 3.63) is 12.7 Å². The van der Waals surface area contributed by atoms with Crippen LogP contribution < -0.4 is 0 Å². The maximum atomic E-state index is 10.3. The highest BCUT2D eigenvalue weighted by molar-refractivity contribution is 4.94. The Morgan fingerprint density at radius 3 is 2.94 bits per heavy atom. The number of aliphatic hydroxyl groups is 1. The molecule has 0 aromatic carbocycles. The van der Waals surface area contributed by atoms with Gasteiger partial charge in [0.25, 0.3) is 0 Å². The molecule has 1 N–H and O–H groups in total. The molecule has 3 unspecified atom stereocenters. The zero-order valence-electron chi connectivity index (χ0n) is 10.7. The van der Waals surface area contributed by atoms with Crippen LogP contribution >= 0.6 is 0 Å². The van der Waals surface area contributed by atoms with Gasteiger partial charge in [-0.1, -0.05) is 25.8 Å². The Hall–Kier alpha value is -0.340. The van der Waals surface area contributed by atoms with Gasteiger partial charge in [0.05, 0.1) is 11.7 Å². The maximum absolute atomic E-state index is 10.3. The van der Waals surface area contributed by atoms with Gasteiger partial charge >= 0.3 is 0 Å². The summed E-state index contributed by atoms with van der Waals surface area (Å²) in [6.45, 7) is 8.67. The van der Waals surface area contributed by atoms with E-state index in [0.29, 0.717) is 12.5 Å². The molecule has 1 rings (SSSR count). The molecule has 16 heavy (non-hydrogen) atoms. The van der Waals surface area contributed by atoms with Gasteiger partial charge in [0, 0.05) is 6.61 Å². The molecule has 2 heteroatoms. The lowest BCUT2D eigenvalue weighted by atomic mass is 9.74. The largest absolute Gasteiger partial charge is 0.390 e. The summed E-state index contributed by atoms with van der Waals surface area (Å²) in [5.41, 5.74) is -0.282. The minimum atomic E-state index is -0.340. The van der Waals surface area contributed by atoms with E-state index in [1.165, 1.54) is 12.8 Å². The summed E-state index contributed by atoms with van der Waals surface area (Å²) in [5.74, 6) is 0.665. The van der Waals surface area contributed by atoms with E-state index in [0.717, 1.165) is 25.7 Å². The van der Waals surface area contributed by atoms with Gasteiger partial charge in [0.15, 0.2) is 0 Å². The molecule has 0 bridgehead atoms. The molecule has 0 aromatic rings. The van der Waals surface area contributed by atoms with E-state index in [9.17, 15) is 5.11 Å². The Labute approximate surface area is 99.7 Å². The van der Waals surface area contributed by atoms with Crippen LogP contribution in [0.4, 0.5) is 0 Å². The standard InChI is InChI=1S/C14H26O2/c1-4-6-9-13(15)14(16-5-2)10-7-8-12(3)11-14/h4,12-13,15H,1,5-11H2,2-3H3. The Morgan fingerprint density at radius 2 is 2.38 bits per heavy atom. The van der Waals surface area contributed by atoms with Crippen LogP contribution in [0.2, 0.25) is 0 Å². The van der Waals surface area contributed by atoms with Gasteiger partial charge < -0.3 is 9.84 Å². The van der Waals surface area contributed by atoms with Gasteiger partial charge in [-0.2, -0.15) is 0 Å². The SMILES string of the molecule is C=CCCC(O)C1(OCC)CCCC(C)C1. The molecular weight excluding hydrogens is 200 g/mol. The first-order valence-electron chi connectivity index (χ1n) is 6.57. The number of rotatable bonds is 6. The number of hydrogen-bond acceptors (Lipinski definition) is 2. The van der Waals surface area contributed by atoms with Crippen LogP contribution in [0.15, 0.2) is 12.7 Å². The minimum Gasteiger partial charge on any atom is -0.390 e. The van der Waals surface area contributed by atoms with E-state index in [1.807, 2.05) is 13.0 Å². The fourth-order valence-electron chi connectivity index (χ4n) is 2.90. The zero-order valence-corrected chi connectivity index (χ0v) is 10.7. The fourth-order valence-corrected chi connectivity index (χ4v) is 2.90. The van der Waals surface area contributed by atoms with E-state index in [4.69, 9.17) is 4.74 Å². The molecule has 1 aliphatic rings. The van der Waals surface area contributed by atoms with Crippen molar-refractivity contribution in [3.63, 3.8) is 0 Å². The Balaban J connectivity index is 2.65. The topological polar surface area (TPSA) is 29.5 Å². The van der Waals surface area contributed by atoms with Crippen molar-refractivity contribution in [2.24, 2.45) is 5.92 Å². The highest BCUT2D eigenvalue weighted by Crippen LogP contribution is 2.38. The smallest absolute Gasteiger partial charge is 0.0942 e. The van der Waals surface area contributed by atoms with Gasteiger partial charge in [0.1, 0.15) is 0 Å². The Kier molecular flexibility index (Phi) is 5.50. The second-order valence-corrected chi connectivity index (χ2v) is 5.08. The zero-order chi connectivity index (χ0) is 12.0. The van der Waals surface area contributed by atoms with Gasteiger partial charge in [-0.3, -0.25) is 0 Å². The van der Waals surface area contributed by atoms with Crippen molar-refractivity contribution in [1.29, 1.82) is 0 Å². The highest BCUT2D eigenvalue weighted by Gasteiger charge is 2.41. The third-order valence-electron chi connectivity index (χ3n) is 3.67. The van der Waals surface area contributed by atoms with Gasteiger partial charge in [0.2, 0.25) is 0 Å². The van der Waals surface area contributed by atoms with Crippen LogP contribution in [-0.4, -0.2) is 23.4 Å². The highest BCUT2D eigenvalue weighted by atomic mass is 16.5. The summed E-state index contributed by atoms with van der Waals surface area (Å²) >= 11 is 0. The number of allylic oxidation sites excluding steroid dienone is 1. The fraction of sp³-hybridized carbons (Fsp3) is 0.857. The molecule has 0 radical (unpaired) electrons. The quantitative estimate of drug-likeness (QED) is 0.704. The molecule has 94 valence electrons. The molecule has 2 nitrogen and oxygen atoms in total. The molecular formula is C14H26O2. The van der Waals surface area contributed by atoms with Crippen molar-refractivity contribution in [2.75, 3.05) is 6.61 Å². The van der Waals surface area contributed by atoms with Crippen molar-refractivity contribution in [1.82, 2.24) is 0 Å². The average Bonchev–Trinajstić information content (AvgIpc) is 2.26. The van der Waals surface area contributed by atoms with Gasteiger partial charge in [-0.15, -0.1) is 6.58 Å². The predicted molar refractivity (Wildman–Crippen MR) is 67.4 cm³/mol. The van der Waals surface area contributed by atoms with Crippen molar-refractivity contribution < 1.29 is 9.84 Å². The third-order valence-corrected chi connectivity index (χ3v) is 3.67. The summed E-state index contributed by atoms with van der Waals surface area (Å²) in [5, 5.41) is 10.3. The molecule has 0 aliphatic heterocycles. The second kappa shape index (κ2) is 6.41. The Bertz CT molecular complexity index is 211. The summed E-state index contributed by atoms with van der Waals surface area (Å²) in [6, 6.07) is 0. The van der Waals surface area contributed by atoms with E-state index >= 15 is 0 Å². The minimum absolute atomic E-state index is 0.282. The lowest BCUT2D eigenvalue weighted by Crippen LogP contribution is -2.48. The number of ether oxygens (including phenoxy) is 1. The normalized spacial score (nSPS) is 32.3. The molecule has 1 saturated carbocycles. The number of aliphatic hydroxyl groups excluding tert-OH is 1. The first-order valence-corrected chi connectivity index (χ1v) is 6.57. The van der Waals surface area contributed by atoms with Crippen LogP contribution in [0.1, 0.15) is 52.4 Å². The average molecular weight is 226 g/mol. The second-order valence-electron chi connectivity index (χ2n) is 5.08. The van der Waals surface area contributed by atoms with Crippen molar-refractivity contribution in [3.8, 4) is 0 Å². The molecule has 3 atom stereocenters. The van der Waals surface area contributed by atoms with E-state index in [2.05, 4.69) is 13.5 Å². The van der Waals surface area contributed by atoms with Crippen LogP contribution in [-0.2, 0) is 4.74 Å². The van der Waals surface area contributed by atoms with Crippen LogP contribution in [0, 0.1) is 5.92 Å². The summed E-state index contributed by atoms with van der Waals surface area (Å²) < 4.78 is 5.92. The summed E-state index contributed by atoms with van der Waals surface area (Å²) in [6.07, 6.45) is 7.61. The van der Waals surface area contributed by atoms with Crippen molar-refractivity contribution in [2.45, 2.75) is 64.1 Å². The number of hydrogen-bond donors (Lipinski definition) is 1. The summed E-state index contributed by atoms with van der Waals surface area (Å²) in [4.78, 5) is 0. The lowest BCUT2D eigenvalue weighted by Gasteiger charge is -2.43. The van der Waals surface area contributed by atoms with E-state index in [-0.39, 0.29) is 11.7 Å². The molecule has 0 spiro atoms. The third kappa shape index (κ3) is 3.33. The molecule has 1 fully saturated rings.